The van der Waals surface area contributed by atoms with E-state index >= 15 is 0 Å². The van der Waals surface area contributed by atoms with Gasteiger partial charge in [0.05, 0.1) is 25.4 Å². The first-order valence-electron chi connectivity index (χ1n) is 10.5. The number of piperidine rings is 1. The van der Waals surface area contributed by atoms with Crippen LogP contribution in [0.5, 0.6) is 0 Å². The average molecular weight is 415 g/mol. The second kappa shape index (κ2) is 13.8. The quantitative estimate of drug-likeness (QED) is 0.318. The highest BCUT2D eigenvalue weighted by molar-refractivity contribution is 7.99. The number of thioether (sulfide) groups is 1. The minimum atomic E-state index is -0.139. The van der Waals surface area contributed by atoms with Crippen LogP contribution >= 0.6 is 11.8 Å². The molecule has 1 heterocycles. The molecule has 1 aliphatic heterocycles. The standard InChI is InChI=1S/C22H42N2O3S/c1-21(2,3)23-19-28-20-10-9-11-24(18-20)12-15-26-17-16-25-13-7-8-14-27-22(4,5)6/h20,23H,9-19H2,1-6H3. The molecule has 0 amide bonds. The molecule has 0 aliphatic carbocycles. The Labute approximate surface area is 177 Å². The molecule has 6 heteroatoms. The molecule has 1 aliphatic rings. The van der Waals surface area contributed by atoms with Crippen molar-refractivity contribution < 1.29 is 14.2 Å². The van der Waals surface area contributed by atoms with Crippen molar-refractivity contribution in [3.05, 3.63) is 0 Å². The molecule has 1 fully saturated rings. The van der Waals surface area contributed by atoms with Crippen LogP contribution in [0.3, 0.4) is 0 Å². The maximum atomic E-state index is 5.71. The Kier molecular flexibility index (Phi) is 12.7. The summed E-state index contributed by atoms with van der Waals surface area (Å²) in [5.41, 5.74) is 0.0583. The Morgan fingerprint density at radius 3 is 2.43 bits per heavy atom. The van der Waals surface area contributed by atoms with Gasteiger partial charge in [0.2, 0.25) is 0 Å². The van der Waals surface area contributed by atoms with Crippen LogP contribution < -0.4 is 5.32 Å². The van der Waals surface area contributed by atoms with Crippen molar-refractivity contribution in [2.24, 2.45) is 0 Å². The van der Waals surface area contributed by atoms with Crippen molar-refractivity contribution in [3.63, 3.8) is 0 Å². The lowest BCUT2D eigenvalue weighted by atomic mass is 10.1. The number of hydrogen-bond acceptors (Lipinski definition) is 6. The first-order chi connectivity index (χ1) is 13.2. The Bertz CT molecular complexity index is 463. The van der Waals surface area contributed by atoms with E-state index < -0.39 is 0 Å². The molecule has 164 valence electrons. The highest BCUT2D eigenvalue weighted by Gasteiger charge is 2.20. The normalized spacial score (nSPS) is 18.7. The van der Waals surface area contributed by atoms with E-state index in [1.54, 1.807) is 0 Å². The van der Waals surface area contributed by atoms with Gasteiger partial charge >= 0.3 is 0 Å². The molecule has 0 radical (unpaired) electrons. The largest absolute Gasteiger partial charge is 0.378 e. The molecule has 1 rings (SSSR count). The SMILES string of the molecule is CC(C)(C)NCSC1CCCN(CCOCCOCC#CCOC(C)(C)C)C1. The van der Waals surface area contributed by atoms with Gasteiger partial charge < -0.3 is 19.5 Å². The highest BCUT2D eigenvalue weighted by Crippen LogP contribution is 2.22. The van der Waals surface area contributed by atoms with Crippen molar-refractivity contribution in [2.45, 2.75) is 70.8 Å². The lowest BCUT2D eigenvalue weighted by Gasteiger charge is -2.33. The van der Waals surface area contributed by atoms with Crippen LogP contribution in [-0.2, 0) is 14.2 Å². The maximum absolute atomic E-state index is 5.71. The summed E-state index contributed by atoms with van der Waals surface area (Å²) in [4.78, 5) is 2.53. The molecule has 28 heavy (non-hydrogen) atoms. The number of ether oxygens (including phenoxy) is 3. The summed E-state index contributed by atoms with van der Waals surface area (Å²) in [5.74, 6) is 6.95. The summed E-state index contributed by atoms with van der Waals surface area (Å²) in [7, 11) is 0. The fraction of sp³-hybridized carbons (Fsp3) is 0.909. The minimum Gasteiger partial charge on any atom is -0.378 e. The third kappa shape index (κ3) is 15.6. The highest BCUT2D eigenvalue weighted by atomic mass is 32.2. The van der Waals surface area contributed by atoms with Gasteiger partial charge in [0.25, 0.3) is 0 Å². The van der Waals surface area contributed by atoms with Crippen LogP contribution in [0.1, 0.15) is 54.4 Å². The van der Waals surface area contributed by atoms with Crippen LogP contribution in [0.4, 0.5) is 0 Å². The molecule has 5 nitrogen and oxygen atoms in total. The van der Waals surface area contributed by atoms with E-state index in [-0.39, 0.29) is 11.1 Å². The zero-order chi connectivity index (χ0) is 20.9. The van der Waals surface area contributed by atoms with E-state index in [4.69, 9.17) is 14.2 Å². The van der Waals surface area contributed by atoms with Gasteiger partial charge in [-0.25, -0.2) is 0 Å². The first kappa shape index (κ1) is 25.7. The second-order valence-electron chi connectivity index (χ2n) is 9.22. The Hall–Kier alpha value is -0.290. The summed E-state index contributed by atoms with van der Waals surface area (Å²) in [6.45, 7) is 19.0. The van der Waals surface area contributed by atoms with Crippen LogP contribution in [0.25, 0.3) is 0 Å². The summed E-state index contributed by atoms with van der Waals surface area (Å²) in [5, 5.41) is 4.30. The van der Waals surface area contributed by atoms with E-state index in [2.05, 4.69) is 54.6 Å². The van der Waals surface area contributed by atoms with Gasteiger partial charge in [0.15, 0.2) is 0 Å². The lowest BCUT2D eigenvalue weighted by Crippen LogP contribution is -2.41. The zero-order valence-corrected chi connectivity index (χ0v) is 19.8. The maximum Gasteiger partial charge on any atom is 0.108 e. The van der Waals surface area contributed by atoms with Crippen LogP contribution in [-0.4, -0.2) is 79.8 Å². The molecule has 0 bridgehead atoms. The molecule has 1 saturated heterocycles. The van der Waals surface area contributed by atoms with E-state index in [1.807, 2.05) is 20.8 Å². The van der Waals surface area contributed by atoms with E-state index in [0.29, 0.717) is 26.4 Å². The summed E-state index contributed by atoms with van der Waals surface area (Å²) in [6.07, 6.45) is 2.61. The van der Waals surface area contributed by atoms with Gasteiger partial charge in [-0.05, 0) is 60.9 Å². The summed E-state index contributed by atoms with van der Waals surface area (Å²) >= 11 is 2.05. The number of nitrogens with zero attached hydrogens (tertiary/aromatic N) is 1. The molecular weight excluding hydrogens is 372 g/mol. The van der Waals surface area contributed by atoms with Crippen molar-refractivity contribution in [1.29, 1.82) is 0 Å². The predicted molar refractivity (Wildman–Crippen MR) is 120 cm³/mol. The molecule has 0 aromatic heterocycles. The third-order valence-electron chi connectivity index (χ3n) is 4.18. The van der Waals surface area contributed by atoms with Crippen LogP contribution in [0, 0.1) is 11.8 Å². The fourth-order valence-corrected chi connectivity index (χ4v) is 4.02. The predicted octanol–water partition coefficient (Wildman–Crippen LogP) is 3.38. The topological polar surface area (TPSA) is 43.0 Å². The first-order valence-corrected chi connectivity index (χ1v) is 11.5. The smallest absolute Gasteiger partial charge is 0.108 e. The molecule has 0 aromatic rings. The molecule has 1 N–H and O–H groups in total. The molecule has 0 aromatic carbocycles. The number of nitrogens with one attached hydrogen (secondary N) is 1. The minimum absolute atomic E-state index is 0.139. The van der Waals surface area contributed by atoms with Crippen LogP contribution in [0.15, 0.2) is 0 Å². The molecule has 0 saturated carbocycles. The molecular formula is C22H42N2O3S. The fourth-order valence-electron chi connectivity index (χ4n) is 2.62. The molecule has 1 atom stereocenters. The zero-order valence-electron chi connectivity index (χ0n) is 18.9. The number of likely N-dealkylation sites (tertiary alicyclic amines) is 1. The van der Waals surface area contributed by atoms with Gasteiger partial charge in [0, 0.05) is 29.8 Å². The van der Waals surface area contributed by atoms with Crippen LogP contribution in [0.2, 0.25) is 0 Å². The van der Waals surface area contributed by atoms with Gasteiger partial charge in [-0.15, -0.1) is 11.8 Å². The van der Waals surface area contributed by atoms with Gasteiger partial charge in [0.1, 0.15) is 13.2 Å². The lowest BCUT2D eigenvalue weighted by molar-refractivity contribution is 0.0179. The Morgan fingerprint density at radius 2 is 1.71 bits per heavy atom. The third-order valence-corrected chi connectivity index (χ3v) is 5.35. The van der Waals surface area contributed by atoms with Gasteiger partial charge in [-0.2, -0.15) is 0 Å². The summed E-state index contributed by atoms with van der Waals surface area (Å²) in [6, 6.07) is 0. The van der Waals surface area contributed by atoms with Crippen molar-refractivity contribution in [3.8, 4) is 11.8 Å². The molecule has 0 spiro atoms. The Morgan fingerprint density at radius 1 is 1.00 bits per heavy atom. The second-order valence-corrected chi connectivity index (χ2v) is 10.5. The van der Waals surface area contributed by atoms with E-state index in [1.165, 1.54) is 25.9 Å². The van der Waals surface area contributed by atoms with Gasteiger partial charge in [-0.3, -0.25) is 4.90 Å². The van der Waals surface area contributed by atoms with E-state index in [0.717, 1.165) is 24.3 Å². The number of rotatable bonds is 11. The monoisotopic (exact) mass is 414 g/mol. The van der Waals surface area contributed by atoms with Crippen molar-refractivity contribution in [2.75, 3.05) is 58.5 Å². The van der Waals surface area contributed by atoms with Gasteiger partial charge in [-0.1, -0.05) is 11.8 Å². The van der Waals surface area contributed by atoms with Crippen molar-refractivity contribution >= 4 is 11.8 Å². The van der Waals surface area contributed by atoms with Crippen molar-refractivity contribution in [1.82, 2.24) is 10.2 Å². The number of hydrogen-bond donors (Lipinski definition) is 1. The average Bonchev–Trinajstić information content (AvgIpc) is 2.58. The molecule has 1 unspecified atom stereocenters. The van der Waals surface area contributed by atoms with E-state index in [9.17, 15) is 0 Å². The Balaban J connectivity index is 1.98. The summed E-state index contributed by atoms with van der Waals surface area (Å²) < 4.78 is 16.7.